The average molecular weight is 368 g/mol. The van der Waals surface area contributed by atoms with Crippen molar-refractivity contribution >= 4 is 10.9 Å². The summed E-state index contributed by atoms with van der Waals surface area (Å²) >= 11 is 0. The summed E-state index contributed by atoms with van der Waals surface area (Å²) in [4.78, 5) is 12.9. The molecule has 0 amide bonds. The number of aromatic amines is 1. The highest BCUT2D eigenvalue weighted by Gasteiger charge is 2.23. The number of aromatic nitrogens is 4. The number of nitrogens with one attached hydrogen (secondary N) is 1. The second-order valence-electron chi connectivity index (χ2n) is 7.48. The first-order valence-corrected chi connectivity index (χ1v) is 9.65. The molecule has 0 unspecified atom stereocenters. The Balaban J connectivity index is 1.54. The van der Waals surface area contributed by atoms with E-state index in [4.69, 9.17) is 4.98 Å². The van der Waals surface area contributed by atoms with Crippen LogP contribution < -0.4 is 0 Å². The van der Waals surface area contributed by atoms with Crippen molar-refractivity contribution in [3.63, 3.8) is 0 Å². The molecular formula is C20H28N6O. The summed E-state index contributed by atoms with van der Waals surface area (Å²) in [6.45, 7) is 3.77. The molecule has 4 rings (SSSR count). The van der Waals surface area contributed by atoms with E-state index in [0.29, 0.717) is 12.6 Å². The number of aliphatic hydroxyl groups is 1. The molecule has 0 bridgehead atoms. The fourth-order valence-corrected chi connectivity index (χ4v) is 3.93. The summed E-state index contributed by atoms with van der Waals surface area (Å²) in [6, 6.07) is 8.79. The molecule has 144 valence electrons. The lowest BCUT2D eigenvalue weighted by atomic mass is 10.2. The SMILES string of the molecule is CN1CC[C@H](N(C)CCc2nc(-c3c[nH]c4ccccc34)nn2CCO)C1. The van der Waals surface area contributed by atoms with E-state index in [1.54, 1.807) is 0 Å². The predicted octanol–water partition coefficient (Wildman–Crippen LogP) is 1.60. The van der Waals surface area contributed by atoms with Crippen LogP contribution in [0.25, 0.3) is 22.3 Å². The summed E-state index contributed by atoms with van der Waals surface area (Å²) in [5.74, 6) is 1.65. The largest absolute Gasteiger partial charge is 0.394 e. The molecule has 2 N–H and O–H groups in total. The molecular weight excluding hydrogens is 340 g/mol. The van der Waals surface area contributed by atoms with Crippen molar-refractivity contribution < 1.29 is 5.11 Å². The van der Waals surface area contributed by atoms with Gasteiger partial charge in [-0.1, -0.05) is 18.2 Å². The van der Waals surface area contributed by atoms with Crippen molar-refractivity contribution in [1.29, 1.82) is 0 Å². The van der Waals surface area contributed by atoms with E-state index in [9.17, 15) is 5.11 Å². The molecule has 3 heterocycles. The minimum absolute atomic E-state index is 0.0624. The minimum Gasteiger partial charge on any atom is -0.394 e. The number of benzene rings is 1. The van der Waals surface area contributed by atoms with Crippen LogP contribution in [0.5, 0.6) is 0 Å². The van der Waals surface area contributed by atoms with E-state index in [1.165, 1.54) is 13.0 Å². The van der Waals surface area contributed by atoms with Crippen LogP contribution in [0.15, 0.2) is 30.5 Å². The Bertz CT molecular complexity index is 901. The molecule has 1 saturated heterocycles. The second kappa shape index (κ2) is 7.80. The predicted molar refractivity (Wildman–Crippen MR) is 107 cm³/mol. The highest BCUT2D eigenvalue weighted by molar-refractivity contribution is 5.93. The van der Waals surface area contributed by atoms with Crippen molar-refractivity contribution in [3.8, 4) is 11.4 Å². The third kappa shape index (κ3) is 3.76. The van der Waals surface area contributed by atoms with Gasteiger partial charge in [0.05, 0.1) is 13.2 Å². The summed E-state index contributed by atoms with van der Waals surface area (Å²) in [5.41, 5.74) is 2.09. The van der Waals surface area contributed by atoms with Gasteiger partial charge in [-0.05, 0) is 33.1 Å². The van der Waals surface area contributed by atoms with Gasteiger partial charge in [0.15, 0.2) is 5.82 Å². The molecule has 1 fully saturated rings. The van der Waals surface area contributed by atoms with Gasteiger partial charge < -0.3 is 19.9 Å². The molecule has 7 nitrogen and oxygen atoms in total. The molecule has 0 radical (unpaired) electrons. The van der Waals surface area contributed by atoms with Gasteiger partial charge in [-0.15, -0.1) is 0 Å². The number of fused-ring (bicyclic) bond motifs is 1. The zero-order chi connectivity index (χ0) is 18.8. The lowest BCUT2D eigenvalue weighted by Crippen LogP contribution is -2.35. The molecule has 7 heteroatoms. The van der Waals surface area contributed by atoms with Crippen molar-refractivity contribution in [1.82, 2.24) is 29.5 Å². The maximum Gasteiger partial charge on any atom is 0.183 e. The monoisotopic (exact) mass is 368 g/mol. The lowest BCUT2D eigenvalue weighted by Gasteiger charge is -2.23. The number of para-hydroxylation sites is 1. The number of hydrogen-bond donors (Lipinski definition) is 2. The van der Waals surface area contributed by atoms with Crippen LogP contribution in [-0.2, 0) is 13.0 Å². The first-order valence-electron chi connectivity index (χ1n) is 9.65. The van der Waals surface area contributed by atoms with Crippen LogP contribution >= 0.6 is 0 Å². The summed E-state index contributed by atoms with van der Waals surface area (Å²) in [6.07, 6.45) is 4.01. The summed E-state index contributed by atoms with van der Waals surface area (Å²) in [7, 11) is 4.37. The minimum atomic E-state index is 0.0624. The van der Waals surface area contributed by atoms with E-state index in [1.807, 2.05) is 23.0 Å². The fourth-order valence-electron chi connectivity index (χ4n) is 3.93. The maximum atomic E-state index is 9.42. The molecule has 0 saturated carbocycles. The molecule has 1 aliphatic heterocycles. The molecule has 27 heavy (non-hydrogen) atoms. The molecule has 2 aromatic heterocycles. The quantitative estimate of drug-likeness (QED) is 0.663. The van der Waals surface area contributed by atoms with Crippen LogP contribution in [0, 0.1) is 0 Å². The standard InChI is InChI=1S/C20H28N6O/c1-24-9-7-15(14-24)25(2)10-8-19-22-20(23-26(19)11-12-27)17-13-21-18-6-4-3-5-16(17)18/h3-6,13,15,21,27H,7-12,14H2,1-2H3/t15-/m0/s1. The second-order valence-corrected chi connectivity index (χ2v) is 7.48. The van der Waals surface area contributed by atoms with E-state index < -0.39 is 0 Å². The Kier molecular flexibility index (Phi) is 5.24. The summed E-state index contributed by atoms with van der Waals surface area (Å²) in [5, 5.41) is 15.2. The van der Waals surface area contributed by atoms with Crippen LogP contribution in [0.3, 0.4) is 0 Å². The molecule has 1 atom stereocenters. The van der Waals surface area contributed by atoms with Gasteiger partial charge in [0.1, 0.15) is 5.82 Å². The Morgan fingerprint density at radius 3 is 2.96 bits per heavy atom. The smallest absolute Gasteiger partial charge is 0.183 e. The fraction of sp³-hybridized carbons (Fsp3) is 0.500. The Morgan fingerprint density at radius 2 is 2.19 bits per heavy atom. The Morgan fingerprint density at radius 1 is 1.33 bits per heavy atom. The lowest BCUT2D eigenvalue weighted by molar-refractivity contribution is 0.238. The van der Waals surface area contributed by atoms with E-state index in [0.717, 1.165) is 47.6 Å². The highest BCUT2D eigenvalue weighted by Crippen LogP contribution is 2.26. The van der Waals surface area contributed by atoms with Gasteiger partial charge in [-0.25, -0.2) is 9.67 Å². The van der Waals surface area contributed by atoms with Crippen molar-refractivity contribution in [2.75, 3.05) is 40.3 Å². The van der Waals surface area contributed by atoms with E-state index in [-0.39, 0.29) is 6.61 Å². The number of rotatable bonds is 7. The number of H-pyrrole nitrogens is 1. The number of likely N-dealkylation sites (tertiary alicyclic amines) is 1. The van der Waals surface area contributed by atoms with Gasteiger partial charge in [0.25, 0.3) is 0 Å². The zero-order valence-electron chi connectivity index (χ0n) is 16.1. The van der Waals surface area contributed by atoms with E-state index in [2.05, 4.69) is 46.1 Å². The normalized spacial score (nSPS) is 18.1. The van der Waals surface area contributed by atoms with E-state index >= 15 is 0 Å². The van der Waals surface area contributed by atoms with Gasteiger partial charge in [-0.3, -0.25) is 0 Å². The molecule has 1 aromatic carbocycles. The molecule has 0 aliphatic carbocycles. The molecule has 1 aliphatic rings. The van der Waals surface area contributed by atoms with Gasteiger partial charge in [0, 0.05) is 48.2 Å². The zero-order valence-corrected chi connectivity index (χ0v) is 16.1. The first kappa shape index (κ1) is 18.2. The third-order valence-corrected chi connectivity index (χ3v) is 5.57. The molecule has 0 spiro atoms. The Labute approximate surface area is 159 Å². The molecule has 3 aromatic rings. The van der Waals surface area contributed by atoms with Crippen LogP contribution in [0.2, 0.25) is 0 Å². The van der Waals surface area contributed by atoms with Crippen LogP contribution in [0.1, 0.15) is 12.2 Å². The van der Waals surface area contributed by atoms with Crippen molar-refractivity contribution in [2.45, 2.75) is 25.4 Å². The van der Waals surface area contributed by atoms with Crippen LogP contribution in [-0.4, -0.2) is 81.0 Å². The number of aliphatic hydroxyl groups excluding tert-OH is 1. The number of hydrogen-bond acceptors (Lipinski definition) is 5. The van der Waals surface area contributed by atoms with Gasteiger partial charge in [0.2, 0.25) is 0 Å². The number of nitrogens with zero attached hydrogens (tertiary/aromatic N) is 5. The average Bonchev–Trinajstić information content (AvgIpc) is 3.38. The first-order chi connectivity index (χ1) is 13.2. The van der Waals surface area contributed by atoms with Gasteiger partial charge in [-0.2, -0.15) is 5.10 Å². The highest BCUT2D eigenvalue weighted by atomic mass is 16.3. The van der Waals surface area contributed by atoms with Crippen LogP contribution in [0.4, 0.5) is 0 Å². The third-order valence-electron chi connectivity index (χ3n) is 5.57. The summed E-state index contributed by atoms with van der Waals surface area (Å²) < 4.78 is 1.85. The van der Waals surface area contributed by atoms with Crippen molar-refractivity contribution in [2.24, 2.45) is 0 Å². The maximum absolute atomic E-state index is 9.42. The van der Waals surface area contributed by atoms with Crippen molar-refractivity contribution in [3.05, 3.63) is 36.3 Å². The van der Waals surface area contributed by atoms with Gasteiger partial charge >= 0.3 is 0 Å². The topological polar surface area (TPSA) is 73.2 Å². The number of likely N-dealkylation sites (N-methyl/N-ethyl adjacent to an activating group) is 2. The Hall–Kier alpha value is -2.22.